The number of hydrogen-bond donors (Lipinski definition) is 1. The number of carbonyl (C=O) groups is 2. The van der Waals surface area contributed by atoms with Crippen molar-refractivity contribution in [1.82, 2.24) is 0 Å². The Hall–Kier alpha value is -2.44. The van der Waals surface area contributed by atoms with Crippen molar-refractivity contribution < 1.29 is 19.1 Å². The monoisotopic (exact) mass is 307 g/mol. The van der Waals surface area contributed by atoms with E-state index in [1.54, 1.807) is 6.07 Å². The van der Waals surface area contributed by atoms with E-state index in [1.165, 1.54) is 13.8 Å². The van der Waals surface area contributed by atoms with Gasteiger partial charge in [-0.05, 0) is 30.7 Å². The number of carbonyl (C=O) groups excluding carboxylic acids is 2. The lowest BCUT2D eigenvalue weighted by Gasteiger charge is -2.25. The van der Waals surface area contributed by atoms with Crippen LogP contribution < -0.4 is 4.90 Å². The van der Waals surface area contributed by atoms with Crippen molar-refractivity contribution in [1.29, 1.82) is 5.53 Å². The fourth-order valence-corrected chi connectivity index (χ4v) is 1.93. The highest BCUT2D eigenvalue weighted by Crippen LogP contribution is 2.24. The SMILES string of the molecule is CC(=O)OCCN(CCOC(C)=O)c1ccc(N=N)c(C)c1. The summed E-state index contributed by atoms with van der Waals surface area (Å²) in [5.41, 5.74) is 9.44. The van der Waals surface area contributed by atoms with Crippen LogP contribution in [0.3, 0.4) is 0 Å². The smallest absolute Gasteiger partial charge is 0.302 e. The summed E-state index contributed by atoms with van der Waals surface area (Å²) in [6, 6.07) is 5.49. The van der Waals surface area contributed by atoms with E-state index in [4.69, 9.17) is 15.0 Å². The maximum absolute atomic E-state index is 10.9. The number of nitrogens with one attached hydrogen (secondary N) is 1. The van der Waals surface area contributed by atoms with E-state index < -0.39 is 0 Å². The van der Waals surface area contributed by atoms with Crippen LogP contribution in [-0.2, 0) is 19.1 Å². The van der Waals surface area contributed by atoms with Gasteiger partial charge in [-0.2, -0.15) is 5.11 Å². The Morgan fingerprint density at radius 1 is 1.14 bits per heavy atom. The van der Waals surface area contributed by atoms with Gasteiger partial charge in [-0.3, -0.25) is 9.59 Å². The third-order valence-corrected chi connectivity index (χ3v) is 3.00. The first-order valence-corrected chi connectivity index (χ1v) is 6.94. The van der Waals surface area contributed by atoms with Crippen molar-refractivity contribution in [3.05, 3.63) is 23.8 Å². The fourth-order valence-electron chi connectivity index (χ4n) is 1.93. The third kappa shape index (κ3) is 5.90. The molecular formula is C15H21N3O4. The van der Waals surface area contributed by atoms with Gasteiger partial charge in [-0.25, -0.2) is 5.53 Å². The van der Waals surface area contributed by atoms with Crippen LogP contribution in [0.2, 0.25) is 0 Å². The first kappa shape index (κ1) is 17.6. The van der Waals surface area contributed by atoms with E-state index in [9.17, 15) is 9.59 Å². The molecule has 0 aromatic heterocycles. The molecule has 0 aliphatic heterocycles. The van der Waals surface area contributed by atoms with Crippen molar-refractivity contribution >= 4 is 23.3 Å². The van der Waals surface area contributed by atoms with E-state index in [1.807, 2.05) is 24.0 Å². The summed E-state index contributed by atoms with van der Waals surface area (Å²) in [6.45, 7) is 6.05. The molecule has 0 saturated carbocycles. The number of esters is 2. The molecule has 0 fully saturated rings. The molecule has 0 radical (unpaired) electrons. The van der Waals surface area contributed by atoms with Gasteiger partial charge in [0.2, 0.25) is 0 Å². The lowest BCUT2D eigenvalue weighted by atomic mass is 10.1. The molecule has 7 nitrogen and oxygen atoms in total. The van der Waals surface area contributed by atoms with Crippen LogP contribution in [0.1, 0.15) is 19.4 Å². The molecule has 0 spiro atoms. The second-order valence-electron chi connectivity index (χ2n) is 4.75. The Bertz CT molecular complexity index is 526. The molecule has 1 N–H and O–H groups in total. The molecule has 1 rings (SSSR count). The van der Waals surface area contributed by atoms with Gasteiger partial charge in [0.25, 0.3) is 0 Å². The van der Waals surface area contributed by atoms with Gasteiger partial charge < -0.3 is 14.4 Å². The summed E-state index contributed by atoms with van der Waals surface area (Å²) in [6.07, 6.45) is 0. The van der Waals surface area contributed by atoms with Crippen LogP contribution in [0.15, 0.2) is 23.3 Å². The highest BCUT2D eigenvalue weighted by atomic mass is 16.5. The Labute approximate surface area is 129 Å². The third-order valence-electron chi connectivity index (χ3n) is 3.00. The van der Waals surface area contributed by atoms with Crippen LogP contribution in [0.5, 0.6) is 0 Å². The lowest BCUT2D eigenvalue weighted by Crippen LogP contribution is -2.31. The Morgan fingerprint density at radius 3 is 2.09 bits per heavy atom. The van der Waals surface area contributed by atoms with Gasteiger partial charge in [0.15, 0.2) is 0 Å². The first-order chi connectivity index (χ1) is 10.4. The van der Waals surface area contributed by atoms with Crippen LogP contribution in [0.25, 0.3) is 0 Å². The zero-order chi connectivity index (χ0) is 16.5. The number of anilines is 1. The molecule has 120 valence electrons. The second kappa shape index (κ2) is 8.76. The molecule has 22 heavy (non-hydrogen) atoms. The van der Waals surface area contributed by atoms with Crippen molar-refractivity contribution in [3.63, 3.8) is 0 Å². The van der Waals surface area contributed by atoms with Crippen molar-refractivity contribution in [2.24, 2.45) is 5.11 Å². The summed E-state index contributed by atoms with van der Waals surface area (Å²) >= 11 is 0. The number of benzene rings is 1. The fraction of sp³-hybridized carbons (Fsp3) is 0.467. The van der Waals surface area contributed by atoms with Gasteiger partial charge in [0, 0.05) is 19.5 Å². The Balaban J connectivity index is 2.77. The molecule has 0 bridgehead atoms. The quantitative estimate of drug-likeness (QED) is 0.588. The van der Waals surface area contributed by atoms with E-state index in [0.29, 0.717) is 18.8 Å². The Kier molecular flexibility index (Phi) is 7.01. The molecule has 1 aromatic rings. The zero-order valence-electron chi connectivity index (χ0n) is 13.1. The highest BCUT2D eigenvalue weighted by molar-refractivity contribution is 5.66. The minimum absolute atomic E-state index is 0.249. The largest absolute Gasteiger partial charge is 0.464 e. The second-order valence-corrected chi connectivity index (χ2v) is 4.75. The normalized spacial score (nSPS) is 9.95. The van der Waals surface area contributed by atoms with Crippen molar-refractivity contribution in [2.75, 3.05) is 31.2 Å². The van der Waals surface area contributed by atoms with Gasteiger partial charge >= 0.3 is 11.9 Å². The predicted molar refractivity (Wildman–Crippen MR) is 81.5 cm³/mol. The van der Waals surface area contributed by atoms with E-state index in [0.717, 1.165) is 11.3 Å². The first-order valence-electron chi connectivity index (χ1n) is 6.94. The highest BCUT2D eigenvalue weighted by Gasteiger charge is 2.10. The van der Waals surface area contributed by atoms with Crippen LogP contribution in [0, 0.1) is 12.5 Å². The summed E-state index contributed by atoms with van der Waals surface area (Å²) in [5, 5.41) is 3.43. The van der Waals surface area contributed by atoms with E-state index in [2.05, 4.69) is 5.11 Å². The summed E-state index contributed by atoms with van der Waals surface area (Å²) < 4.78 is 9.92. The molecule has 0 heterocycles. The average molecular weight is 307 g/mol. The lowest BCUT2D eigenvalue weighted by molar-refractivity contribution is -0.141. The standard InChI is InChI=1S/C15H21N3O4/c1-11-10-14(4-5-15(11)17-16)18(6-8-21-12(2)19)7-9-22-13(3)20/h4-5,10,16H,6-9H2,1-3H3. The zero-order valence-corrected chi connectivity index (χ0v) is 13.1. The molecule has 0 amide bonds. The molecule has 0 atom stereocenters. The Morgan fingerprint density at radius 2 is 1.68 bits per heavy atom. The number of nitrogens with zero attached hydrogens (tertiary/aromatic N) is 2. The van der Waals surface area contributed by atoms with E-state index in [-0.39, 0.29) is 25.2 Å². The van der Waals surface area contributed by atoms with Crippen LogP contribution in [-0.4, -0.2) is 38.2 Å². The predicted octanol–water partition coefficient (Wildman–Crippen LogP) is 2.59. The van der Waals surface area contributed by atoms with Gasteiger partial charge in [0.05, 0.1) is 18.8 Å². The number of rotatable bonds is 8. The molecule has 0 aliphatic rings. The van der Waals surface area contributed by atoms with Crippen molar-refractivity contribution in [2.45, 2.75) is 20.8 Å². The maximum Gasteiger partial charge on any atom is 0.302 e. The minimum atomic E-state index is -0.334. The molecule has 0 unspecified atom stereocenters. The number of aryl methyl sites for hydroxylation is 1. The summed E-state index contributed by atoms with van der Waals surface area (Å²) in [5.74, 6) is -0.668. The number of hydrogen-bond acceptors (Lipinski definition) is 7. The average Bonchev–Trinajstić information content (AvgIpc) is 2.45. The summed E-state index contributed by atoms with van der Waals surface area (Å²) in [7, 11) is 0. The van der Waals surface area contributed by atoms with Crippen molar-refractivity contribution in [3.8, 4) is 0 Å². The van der Waals surface area contributed by atoms with Gasteiger partial charge in [0.1, 0.15) is 13.2 Å². The van der Waals surface area contributed by atoms with Gasteiger partial charge in [-0.15, -0.1) is 0 Å². The number of ether oxygens (including phenoxy) is 2. The minimum Gasteiger partial charge on any atom is -0.464 e. The maximum atomic E-state index is 10.9. The van der Waals surface area contributed by atoms with Crippen LogP contribution in [0.4, 0.5) is 11.4 Å². The molecule has 7 heteroatoms. The van der Waals surface area contributed by atoms with Gasteiger partial charge in [-0.1, -0.05) is 0 Å². The molecular weight excluding hydrogens is 286 g/mol. The van der Waals surface area contributed by atoms with E-state index >= 15 is 0 Å². The molecule has 0 saturated heterocycles. The topological polar surface area (TPSA) is 92.0 Å². The molecule has 1 aromatic carbocycles. The molecule has 0 aliphatic carbocycles. The summed E-state index contributed by atoms with van der Waals surface area (Å²) in [4.78, 5) is 23.7. The van der Waals surface area contributed by atoms with Crippen LogP contribution >= 0.6 is 0 Å².